The van der Waals surface area contributed by atoms with Gasteiger partial charge in [-0.2, -0.15) is 5.10 Å². The van der Waals surface area contributed by atoms with E-state index in [9.17, 15) is 19.7 Å². The van der Waals surface area contributed by atoms with Gasteiger partial charge in [0, 0.05) is 6.07 Å². The Morgan fingerprint density at radius 1 is 1.12 bits per heavy atom. The number of ether oxygens (including phenoxy) is 2. The summed E-state index contributed by atoms with van der Waals surface area (Å²) < 4.78 is 12.5. The van der Waals surface area contributed by atoms with Crippen LogP contribution >= 0.6 is 0 Å². The van der Waals surface area contributed by atoms with E-state index in [2.05, 4.69) is 15.5 Å². The first-order valence-electron chi connectivity index (χ1n) is 9.17. The summed E-state index contributed by atoms with van der Waals surface area (Å²) in [5, 5.41) is 15.8. The number of nitrogens with zero attached hydrogens (tertiary/aromatic N) is 5. The summed E-state index contributed by atoms with van der Waals surface area (Å²) in [6, 6.07) is 11.3. The lowest BCUT2D eigenvalue weighted by Gasteiger charge is -2.11. The summed E-state index contributed by atoms with van der Waals surface area (Å²) in [5.41, 5.74) is 1.88. The molecule has 0 unspecified atom stereocenters. The molecule has 0 saturated carbocycles. The van der Waals surface area contributed by atoms with Crippen LogP contribution in [0.4, 0.5) is 5.69 Å². The van der Waals surface area contributed by atoms with E-state index in [-0.39, 0.29) is 22.4 Å². The lowest BCUT2D eigenvalue weighted by Crippen LogP contribution is -2.33. The Bertz CT molecular complexity index is 1400. The molecule has 0 aliphatic heterocycles. The minimum atomic E-state index is -0.906. The maximum atomic E-state index is 12.9. The first-order valence-corrected chi connectivity index (χ1v) is 9.17. The summed E-state index contributed by atoms with van der Waals surface area (Å²) in [4.78, 5) is 40.6. The topological polar surface area (TPSA) is 143 Å². The van der Waals surface area contributed by atoms with Crippen LogP contribution in [0.1, 0.15) is 10.4 Å². The maximum Gasteiger partial charge on any atom is 0.286 e. The van der Waals surface area contributed by atoms with Crippen LogP contribution in [0.15, 0.2) is 59.8 Å². The highest BCUT2D eigenvalue weighted by atomic mass is 16.6. The number of methoxy groups -OCH3 is 2. The first kappa shape index (κ1) is 20.5. The average Bonchev–Trinajstić information content (AvgIpc) is 3.25. The lowest BCUT2D eigenvalue weighted by atomic mass is 10.1. The van der Waals surface area contributed by atoms with Crippen molar-refractivity contribution >= 4 is 22.6 Å². The van der Waals surface area contributed by atoms with Crippen molar-refractivity contribution in [1.29, 1.82) is 0 Å². The summed E-state index contributed by atoms with van der Waals surface area (Å²) in [7, 11) is 2.65. The van der Waals surface area contributed by atoms with Crippen molar-refractivity contribution in [2.24, 2.45) is 0 Å². The van der Waals surface area contributed by atoms with E-state index in [4.69, 9.17) is 9.47 Å². The van der Waals surface area contributed by atoms with Gasteiger partial charge >= 0.3 is 0 Å². The van der Waals surface area contributed by atoms with Crippen molar-refractivity contribution in [2.45, 2.75) is 0 Å². The maximum absolute atomic E-state index is 12.9. The number of nitrogens with one attached hydrogen (secondary N) is 1. The quantitative estimate of drug-likeness (QED) is 0.356. The second kappa shape index (κ2) is 8.18. The molecule has 1 N–H and O–H groups in total. The van der Waals surface area contributed by atoms with Crippen molar-refractivity contribution in [3.8, 4) is 17.2 Å². The lowest BCUT2D eigenvalue weighted by molar-refractivity contribution is -0.385. The Balaban J connectivity index is 1.73. The van der Waals surface area contributed by atoms with Crippen LogP contribution in [0.2, 0.25) is 0 Å². The van der Waals surface area contributed by atoms with Gasteiger partial charge in [-0.3, -0.25) is 25.1 Å². The van der Waals surface area contributed by atoms with Gasteiger partial charge < -0.3 is 9.47 Å². The van der Waals surface area contributed by atoms with Gasteiger partial charge in [0.25, 0.3) is 17.2 Å². The molecule has 0 atom stereocenters. The zero-order chi connectivity index (χ0) is 22.8. The number of aromatic nitrogens is 4. The zero-order valence-corrected chi connectivity index (χ0v) is 16.9. The van der Waals surface area contributed by atoms with Crippen LogP contribution in [-0.2, 0) is 0 Å². The molecule has 32 heavy (non-hydrogen) atoms. The van der Waals surface area contributed by atoms with Gasteiger partial charge in [-0.15, -0.1) is 0 Å². The molecule has 2 heterocycles. The monoisotopic (exact) mass is 436 g/mol. The number of nitro groups is 1. The van der Waals surface area contributed by atoms with E-state index in [1.807, 2.05) is 18.2 Å². The number of benzene rings is 2. The minimum absolute atomic E-state index is 0.0873. The van der Waals surface area contributed by atoms with Gasteiger partial charge in [0.15, 0.2) is 17.1 Å². The van der Waals surface area contributed by atoms with Gasteiger partial charge in [0.2, 0.25) is 0 Å². The predicted molar refractivity (Wildman–Crippen MR) is 113 cm³/mol. The van der Waals surface area contributed by atoms with Gasteiger partial charge in [-0.05, 0) is 12.1 Å². The molecule has 2 aromatic heterocycles. The Kier molecular flexibility index (Phi) is 5.25. The third kappa shape index (κ3) is 3.49. The van der Waals surface area contributed by atoms with E-state index in [0.717, 1.165) is 23.1 Å². The van der Waals surface area contributed by atoms with Crippen LogP contribution in [0.25, 0.3) is 16.7 Å². The fraction of sp³-hybridized carbons (Fsp3) is 0.100. The number of hydrogen-bond donors (Lipinski definition) is 1. The van der Waals surface area contributed by atoms with Crippen molar-refractivity contribution in [2.75, 3.05) is 19.6 Å². The minimum Gasteiger partial charge on any atom is -0.493 e. The van der Waals surface area contributed by atoms with Crippen LogP contribution in [-0.4, -0.2) is 44.5 Å². The molecule has 4 aromatic rings. The summed E-state index contributed by atoms with van der Waals surface area (Å²) in [5.74, 6) is -0.700. The SMILES string of the molecule is COc1cc(C(=O)Nn2cnc3c(cnn3-c3ccccc3)c2=O)c([N+](=O)[O-])cc1OC. The van der Waals surface area contributed by atoms with Gasteiger partial charge in [0.05, 0.1) is 37.1 Å². The van der Waals surface area contributed by atoms with Crippen molar-refractivity contribution < 1.29 is 19.2 Å². The molecular weight excluding hydrogens is 420 g/mol. The van der Waals surface area contributed by atoms with Crippen molar-refractivity contribution in [3.63, 3.8) is 0 Å². The van der Waals surface area contributed by atoms with Crippen LogP contribution in [0.5, 0.6) is 11.5 Å². The summed E-state index contributed by atoms with van der Waals surface area (Å²) in [6.45, 7) is 0. The van der Waals surface area contributed by atoms with Crippen molar-refractivity contribution in [1.82, 2.24) is 19.4 Å². The number of fused-ring (bicyclic) bond motifs is 1. The highest BCUT2D eigenvalue weighted by Gasteiger charge is 2.25. The fourth-order valence-corrected chi connectivity index (χ4v) is 3.12. The number of hydrogen-bond acceptors (Lipinski definition) is 8. The molecule has 2 aromatic carbocycles. The molecule has 0 fully saturated rings. The summed E-state index contributed by atoms with van der Waals surface area (Å²) >= 11 is 0. The largest absolute Gasteiger partial charge is 0.493 e. The molecule has 0 aliphatic rings. The molecule has 12 heteroatoms. The second-order valence-corrected chi connectivity index (χ2v) is 6.47. The number of carbonyl (C=O) groups excluding carboxylic acids is 1. The zero-order valence-electron chi connectivity index (χ0n) is 16.9. The van der Waals surface area contributed by atoms with Crippen molar-refractivity contribution in [3.05, 3.63) is 81.0 Å². The average molecular weight is 436 g/mol. The first-order chi connectivity index (χ1) is 15.4. The molecule has 162 valence electrons. The fourth-order valence-electron chi connectivity index (χ4n) is 3.12. The van der Waals surface area contributed by atoms with E-state index in [0.29, 0.717) is 11.3 Å². The summed E-state index contributed by atoms with van der Waals surface area (Å²) in [6.07, 6.45) is 2.44. The predicted octanol–water partition coefficient (Wildman–Crippen LogP) is 1.89. The molecule has 1 amide bonds. The van der Waals surface area contributed by atoms with Gasteiger partial charge in [-0.25, -0.2) is 14.3 Å². The Labute approximate surface area is 179 Å². The molecule has 0 saturated heterocycles. The third-order valence-corrected chi connectivity index (χ3v) is 4.65. The highest BCUT2D eigenvalue weighted by Crippen LogP contribution is 2.34. The number of nitro benzene ring substituents is 1. The number of amides is 1. The molecule has 0 aliphatic carbocycles. The smallest absolute Gasteiger partial charge is 0.286 e. The van der Waals surface area contributed by atoms with E-state index >= 15 is 0 Å². The third-order valence-electron chi connectivity index (χ3n) is 4.65. The van der Waals surface area contributed by atoms with Crippen LogP contribution in [0.3, 0.4) is 0 Å². The highest BCUT2D eigenvalue weighted by molar-refractivity contribution is 6.04. The molecule has 0 radical (unpaired) electrons. The van der Waals surface area contributed by atoms with E-state index < -0.39 is 22.1 Å². The molecule has 0 bridgehead atoms. The molecule has 0 spiro atoms. The molecule has 12 nitrogen and oxygen atoms in total. The standard InChI is InChI=1S/C20H16N6O6/c1-31-16-8-13(15(26(29)30)9-17(16)32-2)19(27)23-24-11-21-18-14(20(24)28)10-22-25(18)12-6-4-3-5-7-12/h3-11H,1-2H3,(H,23,27). The van der Waals surface area contributed by atoms with Gasteiger partial charge in [0.1, 0.15) is 17.3 Å². The van der Waals surface area contributed by atoms with Gasteiger partial charge in [-0.1, -0.05) is 18.2 Å². The second-order valence-electron chi connectivity index (χ2n) is 6.47. The van der Waals surface area contributed by atoms with Crippen LogP contribution < -0.4 is 20.5 Å². The Morgan fingerprint density at radius 2 is 1.81 bits per heavy atom. The molecule has 4 rings (SSSR count). The Morgan fingerprint density at radius 3 is 2.47 bits per heavy atom. The molecular formula is C20H16N6O6. The number of rotatable bonds is 6. The normalized spacial score (nSPS) is 10.7. The Hall–Kier alpha value is -4.74. The van der Waals surface area contributed by atoms with E-state index in [1.165, 1.54) is 25.1 Å². The van der Waals surface area contributed by atoms with Crippen LogP contribution in [0, 0.1) is 10.1 Å². The number of para-hydroxylation sites is 1. The van der Waals surface area contributed by atoms with E-state index in [1.54, 1.807) is 12.1 Å². The number of carbonyl (C=O) groups is 1.